The Kier molecular flexibility index (Phi) is 5.70. The molecule has 0 heterocycles. The Hall–Kier alpha value is -0.820. The van der Waals surface area contributed by atoms with E-state index in [0.29, 0.717) is 19.6 Å². The van der Waals surface area contributed by atoms with Crippen LogP contribution in [-0.4, -0.2) is 44.9 Å². The lowest BCUT2D eigenvalue weighted by Gasteiger charge is -2.08. The van der Waals surface area contributed by atoms with Gasteiger partial charge in [0.1, 0.15) is 6.61 Å². The first-order chi connectivity index (χ1) is 7.99. The van der Waals surface area contributed by atoms with Crippen molar-refractivity contribution in [2.75, 3.05) is 32.8 Å². The van der Waals surface area contributed by atoms with E-state index in [2.05, 4.69) is 15.4 Å². The minimum atomic E-state index is -4.27. The molecular weight excluding hydrogens is 237 g/mol. The highest BCUT2D eigenvalue weighted by molar-refractivity contribution is 5.80. The second-order valence-corrected chi connectivity index (χ2v) is 3.98. The Morgan fingerprint density at radius 2 is 1.94 bits per heavy atom. The minimum absolute atomic E-state index is 0.0100. The third kappa shape index (κ3) is 7.98. The number of nitrogens with one attached hydrogen (secondary N) is 2. The van der Waals surface area contributed by atoms with Gasteiger partial charge in [-0.25, -0.2) is 0 Å². The molecule has 4 nitrogen and oxygen atoms in total. The van der Waals surface area contributed by atoms with E-state index >= 15 is 0 Å². The maximum Gasteiger partial charge on any atom is 0.411 e. The van der Waals surface area contributed by atoms with Gasteiger partial charge in [-0.3, -0.25) is 4.79 Å². The molecular formula is C10H17F3N2O2. The van der Waals surface area contributed by atoms with Gasteiger partial charge < -0.3 is 15.4 Å². The Bertz CT molecular complexity index is 242. The molecule has 2 N–H and O–H groups in total. The summed E-state index contributed by atoms with van der Waals surface area (Å²) in [6.07, 6.45) is -2.34. The topological polar surface area (TPSA) is 50.4 Å². The van der Waals surface area contributed by atoms with Crippen molar-refractivity contribution in [2.24, 2.45) is 5.92 Å². The lowest BCUT2D eigenvalue weighted by Crippen LogP contribution is -2.34. The Morgan fingerprint density at radius 1 is 1.24 bits per heavy atom. The van der Waals surface area contributed by atoms with Gasteiger partial charge in [0.05, 0.1) is 6.61 Å². The molecule has 0 radical (unpaired) electrons. The Labute approximate surface area is 97.9 Å². The molecule has 0 aromatic carbocycles. The van der Waals surface area contributed by atoms with E-state index in [1.165, 1.54) is 0 Å². The van der Waals surface area contributed by atoms with Gasteiger partial charge in [-0.2, -0.15) is 13.2 Å². The van der Waals surface area contributed by atoms with Crippen molar-refractivity contribution in [1.29, 1.82) is 0 Å². The molecule has 0 atom stereocenters. The molecule has 1 fully saturated rings. The lowest BCUT2D eigenvalue weighted by molar-refractivity contribution is -0.173. The van der Waals surface area contributed by atoms with Crippen LogP contribution in [0.3, 0.4) is 0 Å². The minimum Gasteiger partial charge on any atom is -0.371 e. The van der Waals surface area contributed by atoms with Crippen molar-refractivity contribution < 1.29 is 22.7 Å². The first-order valence-corrected chi connectivity index (χ1v) is 5.62. The van der Waals surface area contributed by atoms with Crippen molar-refractivity contribution in [2.45, 2.75) is 19.0 Å². The fourth-order valence-corrected chi connectivity index (χ4v) is 1.22. The summed E-state index contributed by atoms with van der Waals surface area (Å²) in [5.74, 6) is 0.255. The third-order valence-electron chi connectivity index (χ3n) is 2.24. The molecule has 7 heteroatoms. The SMILES string of the molecule is O=C(NCCNCCOCC(F)(F)F)C1CC1. The van der Waals surface area contributed by atoms with Crippen LogP contribution in [0.25, 0.3) is 0 Å². The first kappa shape index (κ1) is 14.2. The molecule has 1 amide bonds. The number of halogens is 3. The summed E-state index contributed by atoms with van der Waals surface area (Å²) in [7, 11) is 0. The van der Waals surface area contributed by atoms with Crippen LogP contribution in [0, 0.1) is 5.92 Å². The smallest absolute Gasteiger partial charge is 0.371 e. The second kappa shape index (κ2) is 6.80. The predicted octanol–water partition coefficient (Wildman–Crippen LogP) is 0.681. The van der Waals surface area contributed by atoms with Crippen LogP contribution in [-0.2, 0) is 9.53 Å². The molecule has 1 rings (SSSR count). The fraction of sp³-hybridized carbons (Fsp3) is 0.900. The lowest BCUT2D eigenvalue weighted by atomic mass is 10.4. The van der Waals surface area contributed by atoms with Gasteiger partial charge in [0.2, 0.25) is 5.91 Å². The van der Waals surface area contributed by atoms with Gasteiger partial charge in [0.15, 0.2) is 0 Å². The van der Waals surface area contributed by atoms with E-state index in [-0.39, 0.29) is 18.4 Å². The van der Waals surface area contributed by atoms with Crippen LogP contribution in [0.1, 0.15) is 12.8 Å². The molecule has 0 aliphatic heterocycles. The van der Waals surface area contributed by atoms with E-state index in [0.717, 1.165) is 12.8 Å². The number of alkyl halides is 3. The van der Waals surface area contributed by atoms with Gasteiger partial charge in [-0.15, -0.1) is 0 Å². The molecule has 1 aliphatic rings. The molecule has 17 heavy (non-hydrogen) atoms. The average molecular weight is 254 g/mol. The zero-order valence-corrected chi connectivity index (χ0v) is 9.48. The number of rotatable bonds is 8. The molecule has 0 bridgehead atoms. The highest BCUT2D eigenvalue weighted by Crippen LogP contribution is 2.28. The number of hydrogen-bond acceptors (Lipinski definition) is 3. The Balaban J connectivity index is 1.79. The van der Waals surface area contributed by atoms with E-state index in [1.54, 1.807) is 0 Å². The fourth-order valence-electron chi connectivity index (χ4n) is 1.22. The zero-order chi connectivity index (χ0) is 12.7. The van der Waals surface area contributed by atoms with Crippen molar-refractivity contribution >= 4 is 5.91 Å². The third-order valence-corrected chi connectivity index (χ3v) is 2.24. The number of carbonyl (C=O) groups is 1. The van der Waals surface area contributed by atoms with E-state index in [9.17, 15) is 18.0 Å². The van der Waals surface area contributed by atoms with E-state index in [1.807, 2.05) is 0 Å². The van der Waals surface area contributed by atoms with Crippen LogP contribution in [0.5, 0.6) is 0 Å². The van der Waals surface area contributed by atoms with Gasteiger partial charge >= 0.3 is 6.18 Å². The van der Waals surface area contributed by atoms with Crippen LogP contribution in [0.4, 0.5) is 13.2 Å². The van der Waals surface area contributed by atoms with E-state index < -0.39 is 12.8 Å². The highest BCUT2D eigenvalue weighted by atomic mass is 19.4. The molecule has 0 aromatic heterocycles. The zero-order valence-electron chi connectivity index (χ0n) is 9.48. The summed E-state index contributed by atoms with van der Waals surface area (Å²) < 4.78 is 39.4. The summed E-state index contributed by atoms with van der Waals surface area (Å²) in [6.45, 7) is 0.168. The predicted molar refractivity (Wildman–Crippen MR) is 55.5 cm³/mol. The van der Waals surface area contributed by atoms with Crippen molar-refractivity contribution in [3.05, 3.63) is 0 Å². The maximum absolute atomic E-state index is 11.7. The summed E-state index contributed by atoms with van der Waals surface area (Å²) in [4.78, 5) is 11.2. The molecule has 0 aromatic rings. The van der Waals surface area contributed by atoms with Gasteiger partial charge in [-0.05, 0) is 12.8 Å². The van der Waals surface area contributed by atoms with Crippen LogP contribution in [0.2, 0.25) is 0 Å². The number of carbonyl (C=O) groups excluding carboxylic acids is 1. The van der Waals surface area contributed by atoms with Crippen molar-refractivity contribution in [1.82, 2.24) is 10.6 Å². The normalized spacial score (nSPS) is 15.9. The molecule has 1 aliphatic carbocycles. The maximum atomic E-state index is 11.7. The highest BCUT2D eigenvalue weighted by Gasteiger charge is 2.29. The second-order valence-electron chi connectivity index (χ2n) is 3.98. The van der Waals surface area contributed by atoms with Crippen LogP contribution >= 0.6 is 0 Å². The monoisotopic (exact) mass is 254 g/mol. The van der Waals surface area contributed by atoms with Crippen molar-refractivity contribution in [3.8, 4) is 0 Å². The molecule has 1 saturated carbocycles. The summed E-state index contributed by atoms with van der Waals surface area (Å²) >= 11 is 0. The number of ether oxygens (including phenoxy) is 1. The van der Waals surface area contributed by atoms with Crippen molar-refractivity contribution in [3.63, 3.8) is 0 Å². The standard InChI is InChI=1S/C10H17F3N2O2/c11-10(12,13)7-17-6-5-14-3-4-15-9(16)8-1-2-8/h8,14H,1-7H2,(H,15,16). The van der Waals surface area contributed by atoms with Gasteiger partial charge in [0.25, 0.3) is 0 Å². The molecule has 0 saturated heterocycles. The average Bonchev–Trinajstić information content (AvgIpc) is 3.03. The van der Waals surface area contributed by atoms with Gasteiger partial charge in [0, 0.05) is 25.6 Å². The molecule has 0 unspecified atom stereocenters. The summed E-state index contributed by atoms with van der Waals surface area (Å²) in [5.41, 5.74) is 0. The molecule has 0 spiro atoms. The van der Waals surface area contributed by atoms with E-state index in [4.69, 9.17) is 0 Å². The van der Waals surface area contributed by atoms with Crippen LogP contribution in [0.15, 0.2) is 0 Å². The number of hydrogen-bond donors (Lipinski definition) is 2. The Morgan fingerprint density at radius 3 is 2.53 bits per heavy atom. The first-order valence-electron chi connectivity index (χ1n) is 5.62. The van der Waals surface area contributed by atoms with Gasteiger partial charge in [-0.1, -0.05) is 0 Å². The largest absolute Gasteiger partial charge is 0.411 e. The summed E-state index contributed by atoms with van der Waals surface area (Å²) in [6, 6.07) is 0. The summed E-state index contributed by atoms with van der Waals surface area (Å²) in [5, 5.41) is 5.62. The molecule has 100 valence electrons. The van der Waals surface area contributed by atoms with Crippen LogP contribution < -0.4 is 10.6 Å². The number of amides is 1. The quantitative estimate of drug-likeness (QED) is 0.626.